The zero-order chi connectivity index (χ0) is 9.26. The van der Waals surface area contributed by atoms with Crippen molar-refractivity contribution in [3.63, 3.8) is 0 Å². The lowest BCUT2D eigenvalue weighted by atomic mass is 10.1. The van der Waals surface area contributed by atoms with Gasteiger partial charge >= 0.3 is 0 Å². The highest BCUT2D eigenvalue weighted by atomic mass is 79.9. The number of rotatable bonds is 3. The lowest BCUT2D eigenvalue weighted by Gasteiger charge is -1.99. The van der Waals surface area contributed by atoms with Gasteiger partial charge in [0.05, 0.1) is 0 Å². The molecule has 0 heterocycles. The van der Waals surface area contributed by atoms with Gasteiger partial charge in [-0.2, -0.15) is 0 Å². The van der Waals surface area contributed by atoms with Gasteiger partial charge in [-0.05, 0) is 48.9 Å². The Bertz CT molecular complexity index is 298. The smallest absolute Gasteiger partial charge is 0.0178 e. The molecule has 2 rings (SSSR count). The molecular formula is C11H14BrN. The second-order valence-electron chi connectivity index (χ2n) is 3.73. The molecule has 13 heavy (non-hydrogen) atoms. The average molecular weight is 240 g/mol. The van der Waals surface area contributed by atoms with E-state index in [-0.39, 0.29) is 0 Å². The van der Waals surface area contributed by atoms with Gasteiger partial charge in [0.2, 0.25) is 0 Å². The highest BCUT2D eigenvalue weighted by molar-refractivity contribution is 9.10. The summed E-state index contributed by atoms with van der Waals surface area (Å²) >= 11 is 3.49. The van der Waals surface area contributed by atoms with E-state index in [1.807, 2.05) is 0 Å². The maximum absolute atomic E-state index is 5.53. The molecule has 1 aromatic rings. The van der Waals surface area contributed by atoms with Gasteiger partial charge < -0.3 is 5.73 Å². The Morgan fingerprint density at radius 3 is 3.00 bits per heavy atom. The summed E-state index contributed by atoms with van der Waals surface area (Å²) in [5.74, 6) is 1.63. The number of nitrogens with two attached hydrogens (primary N) is 1. The van der Waals surface area contributed by atoms with E-state index < -0.39 is 0 Å². The minimum Gasteiger partial charge on any atom is -0.330 e. The van der Waals surface area contributed by atoms with E-state index in [0.29, 0.717) is 0 Å². The predicted octanol–water partition coefficient (Wildman–Crippen LogP) is 2.90. The highest BCUT2D eigenvalue weighted by Gasteiger charge is 2.37. The van der Waals surface area contributed by atoms with Crippen LogP contribution in [0.2, 0.25) is 0 Å². The molecule has 2 atom stereocenters. The van der Waals surface area contributed by atoms with Crippen molar-refractivity contribution < 1.29 is 0 Å². The van der Waals surface area contributed by atoms with E-state index in [4.69, 9.17) is 5.73 Å². The first-order valence-corrected chi connectivity index (χ1v) is 5.56. The first-order chi connectivity index (χ1) is 6.31. The molecule has 1 fully saturated rings. The van der Waals surface area contributed by atoms with E-state index in [2.05, 4.69) is 40.2 Å². The standard InChI is InChI=1S/C11H14BrN/c12-10-3-1-2-8(6-10)11-7-9(11)4-5-13/h1-3,6,9,11H,4-5,7,13H2. The van der Waals surface area contributed by atoms with Crippen LogP contribution in [0.25, 0.3) is 0 Å². The van der Waals surface area contributed by atoms with Gasteiger partial charge in [-0.3, -0.25) is 0 Å². The molecule has 2 unspecified atom stereocenters. The van der Waals surface area contributed by atoms with Gasteiger partial charge in [0, 0.05) is 4.47 Å². The molecular weight excluding hydrogens is 226 g/mol. The third-order valence-electron chi connectivity index (χ3n) is 2.74. The fourth-order valence-electron chi connectivity index (χ4n) is 1.93. The van der Waals surface area contributed by atoms with Crippen molar-refractivity contribution in [2.45, 2.75) is 18.8 Å². The van der Waals surface area contributed by atoms with E-state index >= 15 is 0 Å². The summed E-state index contributed by atoms with van der Waals surface area (Å²) in [5.41, 5.74) is 7.00. The predicted molar refractivity (Wildman–Crippen MR) is 58.7 cm³/mol. The Hall–Kier alpha value is -0.340. The fraction of sp³-hybridized carbons (Fsp3) is 0.455. The average Bonchev–Trinajstić information content (AvgIpc) is 2.85. The van der Waals surface area contributed by atoms with Crippen molar-refractivity contribution >= 4 is 15.9 Å². The fourth-order valence-corrected chi connectivity index (χ4v) is 2.34. The largest absolute Gasteiger partial charge is 0.330 e. The van der Waals surface area contributed by atoms with Crippen LogP contribution in [0.3, 0.4) is 0 Å². The molecule has 0 amide bonds. The third kappa shape index (κ3) is 2.12. The number of benzene rings is 1. The molecule has 0 spiro atoms. The third-order valence-corrected chi connectivity index (χ3v) is 3.23. The second-order valence-corrected chi connectivity index (χ2v) is 4.65. The van der Waals surface area contributed by atoms with Crippen LogP contribution in [0.4, 0.5) is 0 Å². The molecule has 0 saturated heterocycles. The Kier molecular flexibility index (Phi) is 2.70. The topological polar surface area (TPSA) is 26.0 Å². The SMILES string of the molecule is NCCC1CC1c1cccc(Br)c1. The first-order valence-electron chi connectivity index (χ1n) is 4.77. The highest BCUT2D eigenvalue weighted by Crippen LogP contribution is 2.49. The van der Waals surface area contributed by atoms with Crippen LogP contribution in [0.5, 0.6) is 0 Å². The van der Waals surface area contributed by atoms with Gasteiger partial charge in [0.15, 0.2) is 0 Å². The lowest BCUT2D eigenvalue weighted by Crippen LogP contribution is -1.99. The van der Waals surface area contributed by atoms with Crippen LogP contribution in [0.1, 0.15) is 24.3 Å². The first kappa shape index (κ1) is 9.22. The Labute approximate surface area is 87.5 Å². The van der Waals surface area contributed by atoms with Crippen LogP contribution < -0.4 is 5.73 Å². The molecule has 2 N–H and O–H groups in total. The van der Waals surface area contributed by atoms with Crippen LogP contribution in [0.15, 0.2) is 28.7 Å². The Morgan fingerprint density at radius 1 is 1.46 bits per heavy atom. The molecule has 1 nitrogen and oxygen atoms in total. The number of hydrogen-bond donors (Lipinski definition) is 1. The monoisotopic (exact) mass is 239 g/mol. The van der Waals surface area contributed by atoms with Gasteiger partial charge in [-0.15, -0.1) is 0 Å². The summed E-state index contributed by atoms with van der Waals surface area (Å²) in [4.78, 5) is 0. The summed E-state index contributed by atoms with van der Waals surface area (Å²) in [6, 6.07) is 8.62. The summed E-state index contributed by atoms with van der Waals surface area (Å²) in [5, 5.41) is 0. The normalized spacial score (nSPS) is 26.0. The Balaban J connectivity index is 2.03. The molecule has 1 aliphatic carbocycles. The van der Waals surface area contributed by atoms with Crippen LogP contribution in [-0.2, 0) is 0 Å². The molecule has 0 aliphatic heterocycles. The molecule has 0 aromatic heterocycles. The van der Waals surface area contributed by atoms with Crippen LogP contribution in [0, 0.1) is 5.92 Å². The molecule has 0 bridgehead atoms. The van der Waals surface area contributed by atoms with Crippen molar-refractivity contribution in [2.24, 2.45) is 11.7 Å². The van der Waals surface area contributed by atoms with E-state index in [1.54, 1.807) is 0 Å². The molecule has 1 aliphatic rings. The summed E-state index contributed by atoms with van der Waals surface area (Å²) in [6.07, 6.45) is 2.50. The quantitative estimate of drug-likeness (QED) is 0.863. The van der Waals surface area contributed by atoms with E-state index in [9.17, 15) is 0 Å². The molecule has 70 valence electrons. The molecule has 2 heteroatoms. The molecule has 1 saturated carbocycles. The Morgan fingerprint density at radius 2 is 2.31 bits per heavy atom. The van der Waals surface area contributed by atoms with Crippen molar-refractivity contribution in [3.05, 3.63) is 34.3 Å². The van der Waals surface area contributed by atoms with Crippen molar-refractivity contribution in [1.82, 2.24) is 0 Å². The zero-order valence-electron chi connectivity index (χ0n) is 7.54. The number of hydrogen-bond acceptors (Lipinski definition) is 1. The van der Waals surface area contributed by atoms with E-state index in [1.165, 1.54) is 22.9 Å². The minimum atomic E-state index is 0.779. The summed E-state index contributed by atoms with van der Waals surface area (Å²) in [6.45, 7) is 0.829. The van der Waals surface area contributed by atoms with Gasteiger partial charge in [-0.1, -0.05) is 28.1 Å². The summed E-state index contributed by atoms with van der Waals surface area (Å²) < 4.78 is 1.18. The van der Waals surface area contributed by atoms with Gasteiger partial charge in [-0.25, -0.2) is 0 Å². The maximum Gasteiger partial charge on any atom is 0.0178 e. The second kappa shape index (κ2) is 3.81. The van der Waals surface area contributed by atoms with Crippen molar-refractivity contribution in [1.29, 1.82) is 0 Å². The number of halogens is 1. The van der Waals surface area contributed by atoms with Crippen LogP contribution in [-0.4, -0.2) is 6.54 Å². The van der Waals surface area contributed by atoms with E-state index in [0.717, 1.165) is 18.4 Å². The lowest BCUT2D eigenvalue weighted by molar-refractivity contribution is 0.715. The summed E-state index contributed by atoms with van der Waals surface area (Å²) in [7, 11) is 0. The van der Waals surface area contributed by atoms with Crippen LogP contribution >= 0.6 is 15.9 Å². The van der Waals surface area contributed by atoms with Gasteiger partial charge in [0.1, 0.15) is 0 Å². The molecule has 0 radical (unpaired) electrons. The van der Waals surface area contributed by atoms with Crippen molar-refractivity contribution in [3.8, 4) is 0 Å². The van der Waals surface area contributed by atoms with Crippen molar-refractivity contribution in [2.75, 3.05) is 6.54 Å². The van der Waals surface area contributed by atoms with Gasteiger partial charge in [0.25, 0.3) is 0 Å². The maximum atomic E-state index is 5.53. The minimum absolute atomic E-state index is 0.779. The zero-order valence-corrected chi connectivity index (χ0v) is 9.13. The molecule has 1 aromatic carbocycles.